The second-order valence-corrected chi connectivity index (χ2v) is 4.16. The minimum Gasteiger partial charge on any atom is -0.293 e. The lowest BCUT2D eigenvalue weighted by Gasteiger charge is -2.11. The first-order valence-electron chi connectivity index (χ1n) is 5.58. The minimum atomic E-state index is -1.65. The SMILES string of the molecule is CC(=O)c1nn(-c2ccc(F)c(F)c2F)c(C)cc1=O. The first-order chi connectivity index (χ1) is 9.32. The molecule has 7 heteroatoms. The van der Waals surface area contributed by atoms with Crippen molar-refractivity contribution in [1.29, 1.82) is 0 Å². The van der Waals surface area contributed by atoms with Gasteiger partial charge in [-0.3, -0.25) is 9.59 Å². The Kier molecular flexibility index (Phi) is 3.44. The predicted octanol–water partition coefficient (Wildman–Crippen LogP) is 2.16. The molecule has 0 aliphatic rings. The summed E-state index contributed by atoms with van der Waals surface area (Å²) in [5.74, 6) is -5.03. The fraction of sp³-hybridized carbons (Fsp3) is 0.154. The maximum Gasteiger partial charge on any atom is 0.211 e. The highest BCUT2D eigenvalue weighted by molar-refractivity contribution is 5.91. The van der Waals surface area contributed by atoms with Crippen molar-refractivity contribution in [2.24, 2.45) is 0 Å². The Morgan fingerprint density at radius 3 is 2.45 bits per heavy atom. The number of nitrogens with zero attached hydrogens (tertiary/aromatic N) is 2. The highest BCUT2D eigenvalue weighted by Gasteiger charge is 2.18. The molecule has 0 atom stereocenters. The second kappa shape index (κ2) is 4.92. The molecule has 0 fully saturated rings. The molecular formula is C13H9F3N2O2. The molecule has 2 aromatic rings. The van der Waals surface area contributed by atoms with E-state index in [4.69, 9.17) is 0 Å². The number of rotatable bonds is 2. The molecule has 0 unspecified atom stereocenters. The van der Waals surface area contributed by atoms with E-state index in [0.717, 1.165) is 29.8 Å². The van der Waals surface area contributed by atoms with Crippen molar-refractivity contribution < 1.29 is 18.0 Å². The zero-order valence-corrected chi connectivity index (χ0v) is 10.6. The number of hydrogen-bond donors (Lipinski definition) is 0. The maximum atomic E-state index is 13.7. The molecule has 0 bridgehead atoms. The van der Waals surface area contributed by atoms with Gasteiger partial charge in [0.2, 0.25) is 5.43 Å². The molecule has 2 rings (SSSR count). The number of aryl methyl sites for hydroxylation is 1. The fourth-order valence-electron chi connectivity index (χ4n) is 1.71. The van der Waals surface area contributed by atoms with Crippen molar-refractivity contribution in [3.8, 4) is 5.69 Å². The summed E-state index contributed by atoms with van der Waals surface area (Å²) in [6.07, 6.45) is 0. The van der Waals surface area contributed by atoms with Gasteiger partial charge in [-0.25, -0.2) is 17.9 Å². The molecule has 20 heavy (non-hydrogen) atoms. The first-order valence-corrected chi connectivity index (χ1v) is 5.58. The van der Waals surface area contributed by atoms with Gasteiger partial charge in [0.25, 0.3) is 0 Å². The average Bonchev–Trinajstić information content (AvgIpc) is 2.37. The summed E-state index contributed by atoms with van der Waals surface area (Å²) >= 11 is 0. The van der Waals surface area contributed by atoms with Crippen LogP contribution in [0.4, 0.5) is 13.2 Å². The lowest BCUT2D eigenvalue weighted by molar-refractivity contribution is 0.101. The molecule has 4 nitrogen and oxygen atoms in total. The number of carbonyl (C=O) groups is 1. The third kappa shape index (κ3) is 2.22. The van der Waals surface area contributed by atoms with Gasteiger partial charge in [0.05, 0.1) is 0 Å². The van der Waals surface area contributed by atoms with Gasteiger partial charge in [-0.05, 0) is 19.1 Å². The number of benzene rings is 1. The summed E-state index contributed by atoms with van der Waals surface area (Å²) in [5.41, 5.74) is -1.22. The molecule has 0 radical (unpaired) electrons. The molecule has 0 saturated heterocycles. The number of halogens is 3. The molecule has 0 aliphatic carbocycles. The van der Waals surface area contributed by atoms with Crippen LogP contribution >= 0.6 is 0 Å². The lowest BCUT2D eigenvalue weighted by atomic mass is 10.2. The molecule has 1 aromatic carbocycles. The minimum absolute atomic E-state index is 0.185. The van der Waals surface area contributed by atoms with Crippen LogP contribution in [0.5, 0.6) is 0 Å². The van der Waals surface area contributed by atoms with E-state index in [1.54, 1.807) is 0 Å². The molecule has 1 heterocycles. The normalized spacial score (nSPS) is 10.7. The largest absolute Gasteiger partial charge is 0.293 e. The van der Waals surface area contributed by atoms with Crippen molar-refractivity contribution in [3.63, 3.8) is 0 Å². The molecular weight excluding hydrogens is 273 g/mol. The van der Waals surface area contributed by atoms with Crippen molar-refractivity contribution in [3.05, 3.63) is 57.3 Å². The van der Waals surface area contributed by atoms with Gasteiger partial charge in [-0.1, -0.05) is 0 Å². The Morgan fingerprint density at radius 2 is 1.85 bits per heavy atom. The Labute approximate surface area is 111 Å². The third-order valence-corrected chi connectivity index (χ3v) is 2.68. The molecule has 104 valence electrons. The van der Waals surface area contributed by atoms with E-state index in [1.807, 2.05) is 0 Å². The van der Waals surface area contributed by atoms with Crippen LogP contribution in [0, 0.1) is 24.4 Å². The molecule has 0 amide bonds. The van der Waals surface area contributed by atoms with Crippen LogP contribution in [0.15, 0.2) is 23.0 Å². The zero-order valence-electron chi connectivity index (χ0n) is 10.6. The number of hydrogen-bond acceptors (Lipinski definition) is 3. The van der Waals surface area contributed by atoms with E-state index < -0.39 is 34.4 Å². The summed E-state index contributed by atoms with van der Waals surface area (Å²) in [6.45, 7) is 2.56. The number of carbonyl (C=O) groups excluding carboxylic acids is 1. The molecule has 0 spiro atoms. The summed E-state index contributed by atoms with van der Waals surface area (Å²) in [6, 6.07) is 2.78. The Bertz CT molecular complexity index is 769. The van der Waals surface area contributed by atoms with Crippen LogP contribution < -0.4 is 5.43 Å². The van der Waals surface area contributed by atoms with Gasteiger partial charge in [-0.2, -0.15) is 5.10 Å². The van der Waals surface area contributed by atoms with Gasteiger partial charge in [0.1, 0.15) is 5.69 Å². The van der Waals surface area contributed by atoms with Crippen molar-refractivity contribution in [2.45, 2.75) is 13.8 Å². The lowest BCUT2D eigenvalue weighted by Crippen LogP contribution is -2.22. The topological polar surface area (TPSA) is 52.0 Å². The highest BCUT2D eigenvalue weighted by atomic mass is 19.2. The van der Waals surface area contributed by atoms with Crippen LogP contribution in [0.2, 0.25) is 0 Å². The molecule has 0 N–H and O–H groups in total. The third-order valence-electron chi connectivity index (χ3n) is 2.68. The van der Waals surface area contributed by atoms with Gasteiger partial charge in [-0.15, -0.1) is 0 Å². The Balaban J connectivity index is 2.77. The van der Waals surface area contributed by atoms with Gasteiger partial charge >= 0.3 is 0 Å². The first kappa shape index (κ1) is 14.0. The van der Waals surface area contributed by atoms with E-state index in [-0.39, 0.29) is 11.4 Å². The fourth-order valence-corrected chi connectivity index (χ4v) is 1.71. The van der Waals surface area contributed by atoms with E-state index >= 15 is 0 Å². The number of ketones is 1. The van der Waals surface area contributed by atoms with Crippen LogP contribution in [-0.4, -0.2) is 15.6 Å². The van der Waals surface area contributed by atoms with Crippen molar-refractivity contribution >= 4 is 5.78 Å². The zero-order chi connectivity index (χ0) is 15.0. The number of Topliss-reactive ketones (excluding diaryl/α,β-unsaturated/α-hetero) is 1. The van der Waals surface area contributed by atoms with E-state index in [1.165, 1.54) is 6.92 Å². The summed E-state index contributed by atoms with van der Waals surface area (Å²) in [7, 11) is 0. The summed E-state index contributed by atoms with van der Waals surface area (Å²) in [5, 5.41) is 3.70. The molecule has 0 aliphatic heterocycles. The van der Waals surface area contributed by atoms with Gasteiger partial charge in [0, 0.05) is 18.7 Å². The second-order valence-electron chi connectivity index (χ2n) is 4.16. The van der Waals surface area contributed by atoms with Crippen LogP contribution in [0.25, 0.3) is 5.69 Å². The van der Waals surface area contributed by atoms with Crippen molar-refractivity contribution in [2.75, 3.05) is 0 Å². The van der Waals surface area contributed by atoms with Crippen LogP contribution in [0.1, 0.15) is 23.1 Å². The van der Waals surface area contributed by atoms with E-state index in [0.29, 0.717) is 0 Å². The van der Waals surface area contributed by atoms with Gasteiger partial charge < -0.3 is 0 Å². The van der Waals surface area contributed by atoms with Crippen LogP contribution in [0.3, 0.4) is 0 Å². The van der Waals surface area contributed by atoms with Crippen molar-refractivity contribution in [1.82, 2.24) is 9.78 Å². The summed E-state index contributed by atoms with van der Waals surface area (Å²) < 4.78 is 40.7. The highest BCUT2D eigenvalue weighted by Crippen LogP contribution is 2.19. The average molecular weight is 282 g/mol. The van der Waals surface area contributed by atoms with E-state index in [9.17, 15) is 22.8 Å². The number of aromatic nitrogens is 2. The quantitative estimate of drug-likeness (QED) is 0.626. The standard InChI is InChI=1S/C13H9F3N2O2/c1-6-5-10(20)13(7(2)19)17-18(6)9-4-3-8(14)11(15)12(9)16/h3-5H,1-2H3. The summed E-state index contributed by atoms with van der Waals surface area (Å²) in [4.78, 5) is 22.8. The maximum absolute atomic E-state index is 13.7. The molecule has 0 saturated carbocycles. The molecule has 1 aromatic heterocycles. The Morgan fingerprint density at radius 1 is 1.20 bits per heavy atom. The Hall–Kier alpha value is -2.44. The smallest absolute Gasteiger partial charge is 0.211 e. The van der Waals surface area contributed by atoms with E-state index in [2.05, 4.69) is 5.10 Å². The monoisotopic (exact) mass is 282 g/mol. The van der Waals surface area contributed by atoms with Crippen LogP contribution in [-0.2, 0) is 0 Å². The predicted molar refractivity (Wildman–Crippen MR) is 64.4 cm³/mol. The van der Waals surface area contributed by atoms with Gasteiger partial charge in [0.15, 0.2) is 28.9 Å².